The van der Waals surface area contributed by atoms with Crippen molar-refractivity contribution >= 4 is 21.8 Å². The van der Waals surface area contributed by atoms with Crippen molar-refractivity contribution < 1.29 is 4.79 Å². The van der Waals surface area contributed by atoms with Gasteiger partial charge in [-0.15, -0.1) is 0 Å². The first kappa shape index (κ1) is 13.3. The summed E-state index contributed by atoms with van der Waals surface area (Å²) in [6.45, 7) is 6.34. The topological polar surface area (TPSA) is 23.6 Å². The zero-order chi connectivity index (χ0) is 12.3. The molecule has 2 heterocycles. The van der Waals surface area contributed by atoms with Crippen LogP contribution in [0, 0.1) is 0 Å². The molecule has 2 saturated heterocycles. The van der Waals surface area contributed by atoms with Crippen molar-refractivity contribution in [2.75, 3.05) is 26.2 Å². The van der Waals surface area contributed by atoms with E-state index in [0.717, 1.165) is 32.0 Å². The number of carbonyl (C=O) groups excluding carboxylic acids is 1. The van der Waals surface area contributed by atoms with E-state index in [9.17, 15) is 4.79 Å². The first-order valence-electron chi connectivity index (χ1n) is 6.85. The van der Waals surface area contributed by atoms with Crippen molar-refractivity contribution in [1.29, 1.82) is 0 Å². The number of amides is 1. The van der Waals surface area contributed by atoms with Gasteiger partial charge in [0.05, 0.1) is 4.83 Å². The summed E-state index contributed by atoms with van der Waals surface area (Å²) in [5.74, 6) is 0.252. The van der Waals surface area contributed by atoms with Crippen molar-refractivity contribution in [1.82, 2.24) is 9.80 Å². The molecule has 2 aliphatic heterocycles. The van der Waals surface area contributed by atoms with Crippen LogP contribution in [-0.4, -0.2) is 52.8 Å². The lowest BCUT2D eigenvalue weighted by molar-refractivity contribution is -0.131. The SMILES string of the molecule is CC(Br)C(=O)N1CCC(N2CCCCC2)CC1. The second kappa shape index (κ2) is 6.19. The molecule has 98 valence electrons. The molecule has 0 radical (unpaired) electrons. The number of carbonyl (C=O) groups is 1. The highest BCUT2D eigenvalue weighted by molar-refractivity contribution is 9.10. The van der Waals surface area contributed by atoms with Crippen LogP contribution in [0.5, 0.6) is 0 Å². The fraction of sp³-hybridized carbons (Fsp3) is 0.923. The molecule has 1 atom stereocenters. The van der Waals surface area contributed by atoms with Crippen LogP contribution in [0.3, 0.4) is 0 Å². The van der Waals surface area contributed by atoms with Gasteiger partial charge in [0.15, 0.2) is 0 Å². The first-order chi connectivity index (χ1) is 8.18. The Morgan fingerprint density at radius 3 is 2.24 bits per heavy atom. The molecule has 17 heavy (non-hydrogen) atoms. The van der Waals surface area contributed by atoms with Crippen LogP contribution in [0.15, 0.2) is 0 Å². The van der Waals surface area contributed by atoms with Gasteiger partial charge in [-0.05, 0) is 45.7 Å². The zero-order valence-electron chi connectivity index (χ0n) is 10.7. The Morgan fingerprint density at radius 1 is 1.12 bits per heavy atom. The molecule has 0 bridgehead atoms. The van der Waals surface area contributed by atoms with Gasteiger partial charge in [0, 0.05) is 19.1 Å². The third kappa shape index (κ3) is 3.44. The quantitative estimate of drug-likeness (QED) is 0.731. The third-order valence-corrected chi connectivity index (χ3v) is 4.42. The second-order valence-electron chi connectivity index (χ2n) is 5.27. The Hall–Kier alpha value is -0.0900. The number of nitrogens with zero attached hydrogens (tertiary/aromatic N) is 2. The van der Waals surface area contributed by atoms with E-state index in [1.54, 1.807) is 0 Å². The van der Waals surface area contributed by atoms with Crippen LogP contribution in [0.2, 0.25) is 0 Å². The third-order valence-electron chi connectivity index (χ3n) is 4.02. The van der Waals surface area contributed by atoms with Crippen molar-refractivity contribution in [3.63, 3.8) is 0 Å². The summed E-state index contributed by atoms with van der Waals surface area (Å²) in [5.41, 5.74) is 0. The Bertz CT molecular complexity index is 256. The largest absolute Gasteiger partial charge is 0.342 e. The summed E-state index contributed by atoms with van der Waals surface area (Å²) in [6, 6.07) is 0.727. The zero-order valence-corrected chi connectivity index (χ0v) is 12.3. The molecule has 4 heteroatoms. The van der Waals surface area contributed by atoms with Gasteiger partial charge in [-0.2, -0.15) is 0 Å². The molecule has 0 aromatic rings. The van der Waals surface area contributed by atoms with E-state index in [1.165, 1.54) is 32.4 Å². The first-order valence-corrected chi connectivity index (χ1v) is 7.77. The molecule has 0 aromatic heterocycles. The van der Waals surface area contributed by atoms with Crippen LogP contribution in [0.25, 0.3) is 0 Å². The number of halogens is 1. The fourth-order valence-corrected chi connectivity index (χ4v) is 3.28. The summed E-state index contributed by atoms with van der Waals surface area (Å²) >= 11 is 3.37. The molecule has 0 aromatic carbocycles. The monoisotopic (exact) mass is 302 g/mol. The molecule has 1 unspecified atom stereocenters. The normalized spacial score (nSPS) is 25.9. The minimum atomic E-state index is -0.0333. The van der Waals surface area contributed by atoms with E-state index in [0.29, 0.717) is 0 Å². The summed E-state index contributed by atoms with van der Waals surface area (Å²) < 4.78 is 0. The van der Waals surface area contributed by atoms with Crippen molar-refractivity contribution in [3.05, 3.63) is 0 Å². The molecular formula is C13H23BrN2O. The van der Waals surface area contributed by atoms with Crippen LogP contribution < -0.4 is 0 Å². The van der Waals surface area contributed by atoms with Crippen LogP contribution in [-0.2, 0) is 4.79 Å². The lowest BCUT2D eigenvalue weighted by atomic mass is 10.00. The van der Waals surface area contributed by atoms with E-state index >= 15 is 0 Å². The summed E-state index contributed by atoms with van der Waals surface area (Å²) in [6.07, 6.45) is 6.43. The van der Waals surface area contributed by atoms with Crippen molar-refractivity contribution in [3.8, 4) is 0 Å². The molecule has 0 aliphatic carbocycles. The van der Waals surface area contributed by atoms with E-state index in [4.69, 9.17) is 0 Å². The summed E-state index contributed by atoms with van der Waals surface area (Å²) in [5, 5.41) is 0. The minimum absolute atomic E-state index is 0.0333. The average Bonchev–Trinajstić information content (AvgIpc) is 2.39. The van der Waals surface area contributed by atoms with Crippen molar-refractivity contribution in [2.45, 2.75) is 49.9 Å². The highest BCUT2D eigenvalue weighted by Crippen LogP contribution is 2.21. The lowest BCUT2D eigenvalue weighted by Crippen LogP contribution is -2.49. The Kier molecular flexibility index (Phi) is 4.86. The standard InChI is InChI=1S/C13H23BrN2O/c1-11(14)13(17)16-9-5-12(6-10-16)15-7-3-2-4-8-15/h11-12H,2-10H2,1H3. The lowest BCUT2D eigenvalue weighted by Gasteiger charge is -2.40. The molecule has 0 N–H and O–H groups in total. The predicted octanol–water partition coefficient (Wildman–Crippen LogP) is 2.25. The van der Waals surface area contributed by atoms with Gasteiger partial charge in [-0.1, -0.05) is 22.4 Å². The highest BCUT2D eigenvalue weighted by atomic mass is 79.9. The predicted molar refractivity (Wildman–Crippen MR) is 73.4 cm³/mol. The van der Waals surface area contributed by atoms with Crippen molar-refractivity contribution in [2.24, 2.45) is 0 Å². The van der Waals surface area contributed by atoms with Crippen LogP contribution in [0.1, 0.15) is 39.0 Å². The Morgan fingerprint density at radius 2 is 1.71 bits per heavy atom. The highest BCUT2D eigenvalue weighted by Gasteiger charge is 2.28. The molecule has 1 amide bonds. The van der Waals surface area contributed by atoms with E-state index in [-0.39, 0.29) is 10.7 Å². The molecule has 0 saturated carbocycles. The number of rotatable bonds is 2. The summed E-state index contributed by atoms with van der Waals surface area (Å²) in [7, 11) is 0. The molecule has 2 aliphatic rings. The second-order valence-corrected chi connectivity index (χ2v) is 6.64. The van der Waals surface area contributed by atoms with Crippen LogP contribution in [0.4, 0.5) is 0 Å². The average molecular weight is 303 g/mol. The Balaban J connectivity index is 1.79. The van der Waals surface area contributed by atoms with Crippen LogP contribution >= 0.6 is 15.9 Å². The van der Waals surface area contributed by atoms with Gasteiger partial charge >= 0.3 is 0 Å². The van der Waals surface area contributed by atoms with Gasteiger partial charge in [-0.3, -0.25) is 4.79 Å². The van der Waals surface area contributed by atoms with E-state index in [1.807, 2.05) is 11.8 Å². The fourth-order valence-electron chi connectivity index (χ4n) is 2.99. The van der Waals surface area contributed by atoms with E-state index in [2.05, 4.69) is 20.8 Å². The number of likely N-dealkylation sites (tertiary alicyclic amines) is 2. The maximum atomic E-state index is 11.8. The maximum Gasteiger partial charge on any atom is 0.236 e. The Labute approximate surface area is 113 Å². The van der Waals surface area contributed by atoms with Gasteiger partial charge in [-0.25, -0.2) is 0 Å². The van der Waals surface area contributed by atoms with Gasteiger partial charge in [0.1, 0.15) is 0 Å². The number of hydrogen-bond acceptors (Lipinski definition) is 2. The number of piperidine rings is 2. The minimum Gasteiger partial charge on any atom is -0.342 e. The molecule has 2 fully saturated rings. The summed E-state index contributed by atoms with van der Waals surface area (Å²) in [4.78, 5) is 16.5. The van der Waals surface area contributed by atoms with Gasteiger partial charge < -0.3 is 9.80 Å². The van der Waals surface area contributed by atoms with E-state index < -0.39 is 0 Å². The van der Waals surface area contributed by atoms with Gasteiger partial charge in [0.25, 0.3) is 0 Å². The smallest absolute Gasteiger partial charge is 0.236 e. The number of hydrogen-bond donors (Lipinski definition) is 0. The van der Waals surface area contributed by atoms with Gasteiger partial charge in [0.2, 0.25) is 5.91 Å². The number of alkyl halides is 1. The molecule has 2 rings (SSSR count). The molecule has 3 nitrogen and oxygen atoms in total. The molecule has 0 spiro atoms. The maximum absolute atomic E-state index is 11.8. The molecular weight excluding hydrogens is 280 g/mol.